The Morgan fingerprint density at radius 1 is 0.974 bits per heavy atom. The third-order valence-electron chi connectivity index (χ3n) is 5.93. The first-order valence-corrected chi connectivity index (χ1v) is 13.0. The van der Waals surface area contributed by atoms with Gasteiger partial charge in [-0.25, -0.2) is 4.68 Å². The van der Waals surface area contributed by atoms with Gasteiger partial charge in [0, 0.05) is 23.7 Å². The lowest BCUT2D eigenvalue weighted by Crippen LogP contribution is -2.39. The minimum atomic E-state index is -0.344. The zero-order valence-corrected chi connectivity index (χ0v) is 22.7. The van der Waals surface area contributed by atoms with Gasteiger partial charge in [-0.05, 0) is 48.9 Å². The van der Waals surface area contributed by atoms with Crippen LogP contribution in [-0.2, 0) is 4.79 Å². The Morgan fingerprint density at radius 2 is 1.71 bits per heavy atom. The minimum Gasteiger partial charge on any atom is -0.497 e. The summed E-state index contributed by atoms with van der Waals surface area (Å²) in [5.74, 6) is 0.559. The number of ether oxygens (including phenoxy) is 1. The fraction of sp³-hybridized carbons (Fsp3) is 0.207. The van der Waals surface area contributed by atoms with Crippen LogP contribution < -0.4 is 10.1 Å². The fourth-order valence-electron chi connectivity index (χ4n) is 3.91. The van der Waals surface area contributed by atoms with Gasteiger partial charge in [-0.3, -0.25) is 9.59 Å². The number of anilines is 1. The van der Waals surface area contributed by atoms with Gasteiger partial charge >= 0.3 is 0 Å². The molecule has 196 valence electrons. The van der Waals surface area contributed by atoms with Crippen molar-refractivity contribution in [3.63, 3.8) is 0 Å². The second kappa shape index (κ2) is 12.6. The number of nitrogens with zero attached hydrogens (tertiary/aromatic N) is 3. The molecular formula is C29H28Cl2N4O3. The van der Waals surface area contributed by atoms with Crippen molar-refractivity contribution < 1.29 is 14.3 Å². The first-order chi connectivity index (χ1) is 18.4. The van der Waals surface area contributed by atoms with Crippen LogP contribution in [0.3, 0.4) is 0 Å². The van der Waals surface area contributed by atoms with E-state index in [9.17, 15) is 9.59 Å². The van der Waals surface area contributed by atoms with Crippen molar-refractivity contribution in [3.05, 3.63) is 94.5 Å². The number of amides is 2. The van der Waals surface area contributed by atoms with Crippen molar-refractivity contribution in [2.45, 2.75) is 19.8 Å². The molecular weight excluding hydrogens is 523 g/mol. The number of aromatic nitrogens is 2. The number of unbranched alkanes of at least 4 members (excludes halogenated alkanes) is 1. The Kier molecular flexibility index (Phi) is 9.05. The van der Waals surface area contributed by atoms with E-state index in [1.165, 1.54) is 11.0 Å². The number of nitrogens with one attached hydrogen (secondary N) is 1. The Balaban J connectivity index is 1.60. The molecule has 4 rings (SSSR count). The molecule has 1 heterocycles. The fourth-order valence-corrected chi connectivity index (χ4v) is 4.21. The van der Waals surface area contributed by atoms with Gasteiger partial charge in [0.1, 0.15) is 18.1 Å². The number of carbonyl (C=O) groups excluding carboxylic acids is 2. The highest BCUT2D eigenvalue weighted by atomic mass is 35.5. The van der Waals surface area contributed by atoms with Crippen molar-refractivity contribution >= 4 is 40.8 Å². The number of halogens is 2. The quantitative estimate of drug-likeness (QED) is 0.237. The molecule has 38 heavy (non-hydrogen) atoms. The summed E-state index contributed by atoms with van der Waals surface area (Å²) in [6, 6.07) is 23.6. The molecule has 0 unspecified atom stereocenters. The summed E-state index contributed by atoms with van der Waals surface area (Å²) >= 11 is 12.1. The van der Waals surface area contributed by atoms with E-state index < -0.39 is 0 Å². The minimum absolute atomic E-state index is 0.131. The van der Waals surface area contributed by atoms with Gasteiger partial charge in [-0.1, -0.05) is 66.9 Å². The van der Waals surface area contributed by atoms with Gasteiger partial charge in [-0.15, -0.1) is 0 Å². The highest BCUT2D eigenvalue weighted by Gasteiger charge is 2.21. The first-order valence-electron chi connectivity index (χ1n) is 12.2. The van der Waals surface area contributed by atoms with Gasteiger partial charge in [-0.2, -0.15) is 5.10 Å². The van der Waals surface area contributed by atoms with E-state index in [0.29, 0.717) is 34.4 Å². The molecule has 0 atom stereocenters. The molecule has 1 aromatic heterocycles. The first kappa shape index (κ1) is 27.2. The smallest absolute Gasteiger partial charge is 0.254 e. The Labute approximate surface area is 231 Å². The monoisotopic (exact) mass is 550 g/mol. The average Bonchev–Trinajstić information content (AvgIpc) is 3.36. The van der Waals surface area contributed by atoms with Gasteiger partial charge < -0.3 is 15.0 Å². The third kappa shape index (κ3) is 6.54. The van der Waals surface area contributed by atoms with Gasteiger partial charge in [0.15, 0.2) is 0 Å². The Bertz CT molecular complexity index is 1410. The van der Waals surface area contributed by atoms with E-state index in [0.717, 1.165) is 24.1 Å². The maximum atomic E-state index is 13.3. The van der Waals surface area contributed by atoms with Crippen molar-refractivity contribution in [2.75, 3.05) is 25.5 Å². The molecule has 3 aromatic carbocycles. The Morgan fingerprint density at radius 3 is 2.37 bits per heavy atom. The van der Waals surface area contributed by atoms with E-state index in [1.54, 1.807) is 23.9 Å². The normalized spacial score (nSPS) is 10.7. The number of methoxy groups -OCH3 is 1. The number of hydrogen-bond donors (Lipinski definition) is 1. The molecule has 7 nitrogen and oxygen atoms in total. The van der Waals surface area contributed by atoms with Crippen LogP contribution in [0, 0.1) is 0 Å². The van der Waals surface area contributed by atoms with E-state index in [2.05, 4.69) is 5.32 Å². The average molecular weight is 551 g/mol. The van der Waals surface area contributed by atoms with Gasteiger partial charge in [0.05, 0.1) is 28.5 Å². The second-order valence-corrected chi connectivity index (χ2v) is 9.46. The van der Waals surface area contributed by atoms with Crippen molar-refractivity contribution in [1.29, 1.82) is 0 Å². The van der Waals surface area contributed by atoms with E-state index in [4.69, 9.17) is 33.0 Å². The molecule has 0 radical (unpaired) electrons. The largest absolute Gasteiger partial charge is 0.497 e. The molecule has 0 aliphatic rings. The third-order valence-corrected chi connectivity index (χ3v) is 6.67. The summed E-state index contributed by atoms with van der Waals surface area (Å²) in [7, 11) is 1.60. The van der Waals surface area contributed by atoms with Crippen molar-refractivity contribution in [1.82, 2.24) is 14.7 Å². The molecule has 9 heteroatoms. The lowest BCUT2D eigenvalue weighted by atomic mass is 10.1. The molecule has 0 aliphatic heterocycles. The zero-order chi connectivity index (χ0) is 27.1. The van der Waals surface area contributed by atoms with Crippen molar-refractivity contribution in [2.24, 2.45) is 0 Å². The van der Waals surface area contributed by atoms with Gasteiger partial charge in [0.2, 0.25) is 5.91 Å². The second-order valence-electron chi connectivity index (χ2n) is 8.65. The predicted molar refractivity (Wildman–Crippen MR) is 151 cm³/mol. The van der Waals surface area contributed by atoms with Crippen LogP contribution in [0.15, 0.2) is 78.9 Å². The van der Waals surface area contributed by atoms with Crippen molar-refractivity contribution in [3.8, 4) is 22.7 Å². The van der Waals surface area contributed by atoms with E-state index in [-0.39, 0.29) is 23.4 Å². The summed E-state index contributed by atoms with van der Waals surface area (Å²) < 4.78 is 6.93. The molecule has 4 aromatic rings. The molecule has 2 amide bonds. The molecule has 0 spiro atoms. The number of rotatable bonds is 10. The van der Waals surface area contributed by atoms with Crippen LogP contribution in [0.5, 0.6) is 5.75 Å². The molecule has 1 N–H and O–H groups in total. The zero-order valence-electron chi connectivity index (χ0n) is 21.2. The van der Waals surface area contributed by atoms with E-state index >= 15 is 0 Å². The van der Waals surface area contributed by atoms with Crippen LogP contribution >= 0.6 is 23.2 Å². The Hall–Kier alpha value is -3.81. The summed E-state index contributed by atoms with van der Waals surface area (Å²) in [6.45, 7) is 2.32. The summed E-state index contributed by atoms with van der Waals surface area (Å²) in [5, 5.41) is 8.34. The summed E-state index contributed by atoms with van der Waals surface area (Å²) in [4.78, 5) is 28.0. The van der Waals surface area contributed by atoms with Crippen LogP contribution in [-0.4, -0.2) is 46.7 Å². The molecule has 0 aliphatic carbocycles. The topological polar surface area (TPSA) is 76.5 Å². The lowest BCUT2D eigenvalue weighted by Gasteiger charge is -2.22. The van der Waals surface area contributed by atoms with Crippen LogP contribution in [0.2, 0.25) is 10.0 Å². The van der Waals surface area contributed by atoms with E-state index in [1.807, 2.05) is 67.6 Å². The van der Waals surface area contributed by atoms with Gasteiger partial charge in [0.25, 0.3) is 5.91 Å². The molecule has 0 saturated heterocycles. The standard InChI is InChI=1S/C29H28Cl2N4O3/c1-3-4-16-34(29(37)21-10-15-24(30)25(31)17-21)19-28(36)32-27-18-26(20-8-6-5-7-9-20)33-35(27)22-11-13-23(38-2)14-12-22/h5-15,17-18H,3-4,16,19H2,1-2H3,(H,32,36). The summed E-state index contributed by atoms with van der Waals surface area (Å²) in [6.07, 6.45) is 1.62. The highest BCUT2D eigenvalue weighted by Crippen LogP contribution is 2.26. The molecule has 0 bridgehead atoms. The maximum absolute atomic E-state index is 13.3. The molecule has 0 saturated carbocycles. The highest BCUT2D eigenvalue weighted by molar-refractivity contribution is 6.42. The maximum Gasteiger partial charge on any atom is 0.254 e. The van der Waals surface area contributed by atoms with Crippen LogP contribution in [0.25, 0.3) is 16.9 Å². The number of carbonyl (C=O) groups is 2. The summed E-state index contributed by atoms with van der Waals surface area (Å²) in [5.41, 5.74) is 2.73. The number of benzene rings is 3. The predicted octanol–water partition coefficient (Wildman–Crippen LogP) is 6.74. The van der Waals surface area contributed by atoms with Crippen LogP contribution in [0.4, 0.5) is 5.82 Å². The molecule has 0 fully saturated rings. The SMILES string of the molecule is CCCCN(CC(=O)Nc1cc(-c2ccccc2)nn1-c1ccc(OC)cc1)C(=O)c1ccc(Cl)c(Cl)c1. The van der Waals surface area contributed by atoms with Crippen LogP contribution in [0.1, 0.15) is 30.1 Å². The lowest BCUT2D eigenvalue weighted by molar-refractivity contribution is -0.116. The number of hydrogen-bond acceptors (Lipinski definition) is 4.